The first-order valence-corrected chi connectivity index (χ1v) is 7.38. The molecule has 0 aromatic heterocycles. The van der Waals surface area contributed by atoms with E-state index in [9.17, 15) is 0 Å². The molecule has 2 aliphatic carbocycles. The van der Waals surface area contributed by atoms with Crippen LogP contribution in [-0.4, -0.2) is 23.6 Å². The van der Waals surface area contributed by atoms with Crippen molar-refractivity contribution < 1.29 is 0 Å². The third-order valence-corrected chi connectivity index (χ3v) is 5.73. The standard InChI is InChI=1S/C12H21NS/c1-5-12(6-1)7-2-11(12)13-10-3-8-14-9-4-10/h10-11,13H,1-9H2. The van der Waals surface area contributed by atoms with Crippen LogP contribution >= 0.6 is 11.8 Å². The monoisotopic (exact) mass is 211 g/mol. The fraction of sp³-hybridized carbons (Fsp3) is 1.00. The smallest absolute Gasteiger partial charge is 0.0126 e. The van der Waals surface area contributed by atoms with E-state index in [2.05, 4.69) is 17.1 Å². The molecule has 0 amide bonds. The van der Waals surface area contributed by atoms with Crippen LogP contribution in [0.4, 0.5) is 0 Å². The Labute approximate surface area is 91.4 Å². The first-order valence-electron chi connectivity index (χ1n) is 6.23. The van der Waals surface area contributed by atoms with Crippen LogP contribution in [-0.2, 0) is 0 Å². The van der Waals surface area contributed by atoms with E-state index in [1.54, 1.807) is 0 Å². The Hall–Kier alpha value is 0.310. The molecule has 3 fully saturated rings. The molecule has 3 aliphatic rings. The van der Waals surface area contributed by atoms with E-state index in [1.165, 1.54) is 56.5 Å². The zero-order valence-corrected chi connectivity index (χ0v) is 9.74. The Bertz CT molecular complexity index is 201. The van der Waals surface area contributed by atoms with Crippen LogP contribution < -0.4 is 5.32 Å². The summed E-state index contributed by atoms with van der Waals surface area (Å²) in [4.78, 5) is 0. The van der Waals surface area contributed by atoms with Gasteiger partial charge < -0.3 is 5.32 Å². The predicted molar refractivity (Wildman–Crippen MR) is 62.8 cm³/mol. The molecule has 1 atom stereocenters. The van der Waals surface area contributed by atoms with Gasteiger partial charge in [-0.05, 0) is 55.4 Å². The van der Waals surface area contributed by atoms with Gasteiger partial charge in [-0.15, -0.1) is 0 Å². The third kappa shape index (κ3) is 1.51. The summed E-state index contributed by atoms with van der Waals surface area (Å²) >= 11 is 2.13. The van der Waals surface area contributed by atoms with Gasteiger partial charge in [0.25, 0.3) is 0 Å². The van der Waals surface area contributed by atoms with Crippen molar-refractivity contribution in [2.24, 2.45) is 5.41 Å². The first-order chi connectivity index (χ1) is 6.89. The maximum absolute atomic E-state index is 3.93. The topological polar surface area (TPSA) is 12.0 Å². The van der Waals surface area contributed by atoms with Crippen molar-refractivity contribution in [1.29, 1.82) is 0 Å². The van der Waals surface area contributed by atoms with Crippen molar-refractivity contribution in [3.05, 3.63) is 0 Å². The van der Waals surface area contributed by atoms with Crippen LogP contribution in [0.25, 0.3) is 0 Å². The molecule has 80 valence electrons. The molecule has 1 nitrogen and oxygen atoms in total. The molecule has 2 heteroatoms. The largest absolute Gasteiger partial charge is 0.311 e. The second-order valence-corrected chi connectivity index (χ2v) is 6.59. The fourth-order valence-corrected chi connectivity index (χ4v) is 4.44. The zero-order chi connectivity index (χ0) is 9.43. The van der Waals surface area contributed by atoms with E-state index in [0.29, 0.717) is 0 Å². The Morgan fingerprint density at radius 3 is 2.29 bits per heavy atom. The Morgan fingerprint density at radius 1 is 1.00 bits per heavy atom. The van der Waals surface area contributed by atoms with Crippen LogP contribution in [0.15, 0.2) is 0 Å². The molecule has 2 saturated carbocycles. The SMILES string of the molecule is C1CC2(C1)CCC2NC1CCSCC1. The van der Waals surface area contributed by atoms with Crippen LogP contribution in [0, 0.1) is 5.41 Å². The van der Waals surface area contributed by atoms with Crippen molar-refractivity contribution >= 4 is 11.8 Å². The molecule has 1 N–H and O–H groups in total. The van der Waals surface area contributed by atoms with Gasteiger partial charge in [0.1, 0.15) is 0 Å². The van der Waals surface area contributed by atoms with Crippen molar-refractivity contribution in [1.82, 2.24) is 5.32 Å². The highest BCUT2D eigenvalue weighted by atomic mass is 32.2. The normalized spacial score (nSPS) is 36.4. The molecular weight excluding hydrogens is 190 g/mol. The number of nitrogens with one attached hydrogen (secondary N) is 1. The Morgan fingerprint density at radius 2 is 1.79 bits per heavy atom. The highest BCUT2D eigenvalue weighted by Gasteiger charge is 2.50. The van der Waals surface area contributed by atoms with E-state index < -0.39 is 0 Å². The average molecular weight is 211 g/mol. The highest BCUT2D eigenvalue weighted by Crippen LogP contribution is 2.56. The van der Waals surface area contributed by atoms with Gasteiger partial charge in [0.15, 0.2) is 0 Å². The van der Waals surface area contributed by atoms with Gasteiger partial charge in [-0.1, -0.05) is 6.42 Å². The van der Waals surface area contributed by atoms with Crippen molar-refractivity contribution in [3.63, 3.8) is 0 Å². The molecule has 1 heterocycles. The van der Waals surface area contributed by atoms with Gasteiger partial charge in [0.2, 0.25) is 0 Å². The lowest BCUT2D eigenvalue weighted by molar-refractivity contribution is -0.0231. The van der Waals surface area contributed by atoms with E-state index >= 15 is 0 Å². The van der Waals surface area contributed by atoms with Crippen LogP contribution in [0.3, 0.4) is 0 Å². The number of thioether (sulfide) groups is 1. The van der Waals surface area contributed by atoms with Gasteiger partial charge in [-0.25, -0.2) is 0 Å². The summed E-state index contributed by atoms with van der Waals surface area (Å²) in [5.41, 5.74) is 0.796. The molecule has 1 saturated heterocycles. The fourth-order valence-electron chi connectivity index (χ4n) is 3.34. The predicted octanol–water partition coefficient (Wildman–Crippen LogP) is 2.80. The lowest BCUT2D eigenvalue weighted by atomic mass is 9.53. The molecule has 3 rings (SSSR count). The van der Waals surface area contributed by atoms with Crippen LogP contribution in [0.5, 0.6) is 0 Å². The summed E-state index contributed by atoms with van der Waals surface area (Å²) in [5, 5.41) is 3.93. The summed E-state index contributed by atoms with van der Waals surface area (Å²) in [7, 11) is 0. The summed E-state index contributed by atoms with van der Waals surface area (Å²) in [6.07, 6.45) is 10.3. The van der Waals surface area contributed by atoms with Crippen LogP contribution in [0.2, 0.25) is 0 Å². The number of rotatable bonds is 2. The minimum absolute atomic E-state index is 0.796. The lowest BCUT2D eigenvalue weighted by Crippen LogP contribution is -2.59. The number of hydrogen-bond acceptors (Lipinski definition) is 2. The van der Waals surface area contributed by atoms with Gasteiger partial charge in [-0.2, -0.15) is 11.8 Å². The molecule has 1 unspecified atom stereocenters. The van der Waals surface area contributed by atoms with Gasteiger partial charge >= 0.3 is 0 Å². The van der Waals surface area contributed by atoms with E-state index in [4.69, 9.17) is 0 Å². The summed E-state index contributed by atoms with van der Waals surface area (Å²) in [6.45, 7) is 0. The van der Waals surface area contributed by atoms with Crippen molar-refractivity contribution in [2.75, 3.05) is 11.5 Å². The Kier molecular flexibility index (Phi) is 2.53. The first kappa shape index (κ1) is 9.53. The highest BCUT2D eigenvalue weighted by molar-refractivity contribution is 7.99. The van der Waals surface area contributed by atoms with Gasteiger partial charge in [0.05, 0.1) is 0 Å². The molecular formula is C12H21NS. The molecule has 14 heavy (non-hydrogen) atoms. The molecule has 0 aromatic rings. The maximum Gasteiger partial charge on any atom is 0.0126 e. The van der Waals surface area contributed by atoms with Crippen molar-refractivity contribution in [2.45, 2.75) is 57.0 Å². The molecule has 1 spiro atoms. The minimum Gasteiger partial charge on any atom is -0.311 e. The Balaban J connectivity index is 1.51. The molecule has 1 aliphatic heterocycles. The van der Waals surface area contributed by atoms with Gasteiger partial charge in [0, 0.05) is 12.1 Å². The molecule has 0 radical (unpaired) electrons. The molecule has 0 bridgehead atoms. The quantitative estimate of drug-likeness (QED) is 0.754. The van der Waals surface area contributed by atoms with Gasteiger partial charge in [-0.3, -0.25) is 0 Å². The van der Waals surface area contributed by atoms with E-state index in [1.807, 2.05) is 0 Å². The molecule has 0 aromatic carbocycles. The third-order valence-electron chi connectivity index (χ3n) is 4.68. The zero-order valence-electron chi connectivity index (χ0n) is 8.93. The number of hydrogen-bond donors (Lipinski definition) is 1. The van der Waals surface area contributed by atoms with Crippen molar-refractivity contribution in [3.8, 4) is 0 Å². The summed E-state index contributed by atoms with van der Waals surface area (Å²) < 4.78 is 0. The van der Waals surface area contributed by atoms with Crippen LogP contribution in [0.1, 0.15) is 44.9 Å². The minimum atomic E-state index is 0.796. The summed E-state index contributed by atoms with van der Waals surface area (Å²) in [5.74, 6) is 2.77. The second-order valence-electron chi connectivity index (χ2n) is 5.36. The summed E-state index contributed by atoms with van der Waals surface area (Å²) in [6, 6.07) is 1.77. The maximum atomic E-state index is 3.93. The average Bonchev–Trinajstić information content (AvgIpc) is 2.12. The lowest BCUT2D eigenvalue weighted by Gasteiger charge is -2.57. The van der Waals surface area contributed by atoms with E-state index in [-0.39, 0.29) is 0 Å². The second kappa shape index (κ2) is 3.71. The van der Waals surface area contributed by atoms with E-state index in [0.717, 1.165) is 17.5 Å².